The average molecular weight is 272 g/mol. The summed E-state index contributed by atoms with van der Waals surface area (Å²) in [5.41, 5.74) is -0.476. The van der Waals surface area contributed by atoms with Gasteiger partial charge in [0.05, 0.1) is 12.2 Å². The number of ether oxygens (including phenoxy) is 1. The van der Waals surface area contributed by atoms with Gasteiger partial charge in [0.2, 0.25) is 0 Å². The number of carbonyl (C=O) groups is 1. The Morgan fingerprint density at radius 2 is 2.33 bits per heavy atom. The van der Waals surface area contributed by atoms with E-state index < -0.39 is 5.60 Å². The number of halogens is 1. The summed E-state index contributed by atoms with van der Waals surface area (Å²) in [5, 5.41) is 3.48. The Bertz CT molecular complexity index is 451. The van der Waals surface area contributed by atoms with Crippen molar-refractivity contribution in [2.45, 2.75) is 51.8 Å². The molecule has 5 nitrogen and oxygen atoms in total. The molecule has 0 saturated carbocycles. The van der Waals surface area contributed by atoms with Gasteiger partial charge in [-0.15, -0.1) is 0 Å². The van der Waals surface area contributed by atoms with Crippen LogP contribution in [0.25, 0.3) is 0 Å². The third-order valence-corrected chi connectivity index (χ3v) is 3.03. The first-order valence-corrected chi connectivity index (χ1v) is 6.42. The highest BCUT2D eigenvalue weighted by Gasteiger charge is 2.24. The van der Waals surface area contributed by atoms with E-state index in [9.17, 15) is 4.79 Å². The second kappa shape index (κ2) is 4.80. The van der Waals surface area contributed by atoms with Gasteiger partial charge in [-0.25, -0.2) is 9.78 Å². The summed E-state index contributed by atoms with van der Waals surface area (Å²) >= 11 is 6.02. The average Bonchev–Trinajstić information content (AvgIpc) is 2.57. The molecule has 1 aromatic heterocycles. The van der Waals surface area contributed by atoms with Gasteiger partial charge in [0.15, 0.2) is 0 Å². The van der Waals surface area contributed by atoms with Crippen molar-refractivity contribution in [3.8, 4) is 0 Å². The lowest BCUT2D eigenvalue weighted by molar-refractivity contribution is 0.0493. The molecule has 6 heteroatoms. The number of fused-ring (bicyclic) bond motifs is 1. The molecule has 1 aliphatic heterocycles. The van der Waals surface area contributed by atoms with Crippen molar-refractivity contribution >= 4 is 17.7 Å². The van der Waals surface area contributed by atoms with Crippen molar-refractivity contribution in [1.29, 1.82) is 0 Å². The van der Waals surface area contributed by atoms with Gasteiger partial charge >= 0.3 is 6.09 Å². The van der Waals surface area contributed by atoms with Gasteiger partial charge in [0.25, 0.3) is 0 Å². The molecule has 0 fully saturated rings. The van der Waals surface area contributed by atoms with Crippen LogP contribution in [0.1, 0.15) is 33.0 Å². The van der Waals surface area contributed by atoms with Crippen LogP contribution in [0.4, 0.5) is 4.79 Å². The van der Waals surface area contributed by atoms with Gasteiger partial charge < -0.3 is 14.6 Å². The third-order valence-electron chi connectivity index (χ3n) is 2.73. The Kier molecular flexibility index (Phi) is 3.52. The molecule has 0 aliphatic carbocycles. The number of hydrogen-bond donors (Lipinski definition) is 1. The number of nitrogens with one attached hydrogen (secondary N) is 1. The monoisotopic (exact) mass is 271 g/mol. The van der Waals surface area contributed by atoms with E-state index in [2.05, 4.69) is 10.3 Å². The first-order chi connectivity index (χ1) is 8.35. The molecular formula is C12H18ClN3O2. The van der Waals surface area contributed by atoms with E-state index in [1.54, 1.807) is 6.20 Å². The van der Waals surface area contributed by atoms with Crippen molar-refractivity contribution in [3.05, 3.63) is 17.2 Å². The molecule has 100 valence electrons. The van der Waals surface area contributed by atoms with E-state index >= 15 is 0 Å². The number of alkyl carbamates (subject to hydrolysis) is 1. The van der Waals surface area contributed by atoms with Gasteiger partial charge in [-0.05, 0) is 27.2 Å². The van der Waals surface area contributed by atoms with Gasteiger partial charge in [-0.3, -0.25) is 0 Å². The first kappa shape index (κ1) is 13.2. The summed E-state index contributed by atoms with van der Waals surface area (Å²) in [7, 11) is 0. The van der Waals surface area contributed by atoms with E-state index in [0.29, 0.717) is 11.7 Å². The van der Waals surface area contributed by atoms with Gasteiger partial charge in [0.1, 0.15) is 16.6 Å². The molecule has 1 N–H and O–H groups in total. The number of aromatic nitrogens is 2. The summed E-state index contributed by atoms with van der Waals surface area (Å²) in [6, 6.07) is 0.0408. The zero-order chi connectivity index (χ0) is 13.3. The number of amides is 1. The molecule has 0 aromatic carbocycles. The standard InChI is InChI=1S/C12H18ClN3O2/c1-12(2,3)18-11(17)15-8-4-5-10-14-6-9(13)16(10)7-8/h6,8H,4-5,7H2,1-3H3,(H,15,17). The smallest absolute Gasteiger partial charge is 0.407 e. The minimum atomic E-state index is -0.476. The normalized spacial score (nSPS) is 19.2. The van der Waals surface area contributed by atoms with Crippen LogP contribution in [-0.2, 0) is 17.7 Å². The van der Waals surface area contributed by atoms with E-state index in [-0.39, 0.29) is 12.1 Å². The number of imidazole rings is 1. The lowest BCUT2D eigenvalue weighted by Crippen LogP contribution is -2.43. The number of nitrogens with zero attached hydrogens (tertiary/aromatic N) is 2. The molecule has 1 aromatic rings. The fourth-order valence-electron chi connectivity index (χ4n) is 1.99. The molecule has 0 spiro atoms. The number of carbonyl (C=O) groups excluding carboxylic acids is 1. The minimum absolute atomic E-state index is 0.0408. The zero-order valence-corrected chi connectivity index (χ0v) is 11.6. The topological polar surface area (TPSA) is 56.1 Å². The van der Waals surface area contributed by atoms with Crippen LogP contribution < -0.4 is 5.32 Å². The predicted molar refractivity (Wildman–Crippen MR) is 68.7 cm³/mol. The largest absolute Gasteiger partial charge is 0.444 e. The molecule has 0 bridgehead atoms. The number of hydrogen-bond acceptors (Lipinski definition) is 3. The van der Waals surface area contributed by atoms with Crippen molar-refractivity contribution in [3.63, 3.8) is 0 Å². The lowest BCUT2D eigenvalue weighted by atomic mass is 10.1. The van der Waals surface area contributed by atoms with Crippen LogP contribution in [0.3, 0.4) is 0 Å². The van der Waals surface area contributed by atoms with Gasteiger partial charge in [-0.2, -0.15) is 0 Å². The first-order valence-electron chi connectivity index (χ1n) is 6.04. The van der Waals surface area contributed by atoms with Crippen LogP contribution in [0.2, 0.25) is 5.15 Å². The van der Waals surface area contributed by atoms with Crippen LogP contribution in [0, 0.1) is 0 Å². The Balaban J connectivity index is 1.94. The highest BCUT2D eigenvalue weighted by molar-refractivity contribution is 6.29. The van der Waals surface area contributed by atoms with E-state index in [0.717, 1.165) is 18.7 Å². The highest BCUT2D eigenvalue weighted by atomic mass is 35.5. The second-order valence-electron chi connectivity index (χ2n) is 5.49. The van der Waals surface area contributed by atoms with E-state index in [1.807, 2.05) is 25.3 Å². The number of rotatable bonds is 1. The summed E-state index contributed by atoms with van der Waals surface area (Å²) in [6.45, 7) is 6.18. The third kappa shape index (κ3) is 3.16. The van der Waals surface area contributed by atoms with E-state index in [1.165, 1.54) is 0 Å². The molecule has 1 unspecified atom stereocenters. The Labute approximate surface area is 111 Å². The molecule has 1 atom stereocenters. The van der Waals surface area contributed by atoms with Crippen LogP contribution in [-0.4, -0.2) is 27.3 Å². The molecule has 0 saturated heterocycles. The molecule has 1 aliphatic rings. The van der Waals surface area contributed by atoms with Gasteiger partial charge in [0, 0.05) is 13.0 Å². The Morgan fingerprint density at radius 1 is 1.61 bits per heavy atom. The lowest BCUT2D eigenvalue weighted by Gasteiger charge is -2.27. The summed E-state index contributed by atoms with van der Waals surface area (Å²) < 4.78 is 7.16. The minimum Gasteiger partial charge on any atom is -0.444 e. The zero-order valence-electron chi connectivity index (χ0n) is 10.9. The maximum Gasteiger partial charge on any atom is 0.407 e. The molecule has 2 rings (SSSR count). The fourth-order valence-corrected chi connectivity index (χ4v) is 2.20. The molecular weight excluding hydrogens is 254 g/mol. The maximum absolute atomic E-state index is 11.7. The Hall–Kier alpha value is -1.23. The van der Waals surface area contributed by atoms with Crippen LogP contribution in [0.15, 0.2) is 6.20 Å². The number of aryl methyl sites for hydroxylation is 1. The molecule has 1 amide bonds. The SMILES string of the molecule is CC(C)(C)OC(=O)NC1CCc2ncc(Cl)n2C1. The summed E-state index contributed by atoms with van der Waals surface area (Å²) in [6.07, 6.45) is 2.93. The maximum atomic E-state index is 11.7. The fraction of sp³-hybridized carbons (Fsp3) is 0.667. The highest BCUT2D eigenvalue weighted by Crippen LogP contribution is 2.20. The van der Waals surface area contributed by atoms with Crippen molar-refractivity contribution < 1.29 is 9.53 Å². The second-order valence-corrected chi connectivity index (χ2v) is 5.88. The van der Waals surface area contributed by atoms with Crippen molar-refractivity contribution in [2.75, 3.05) is 0 Å². The van der Waals surface area contributed by atoms with Gasteiger partial charge in [-0.1, -0.05) is 11.6 Å². The Morgan fingerprint density at radius 3 is 3.00 bits per heavy atom. The summed E-state index contributed by atoms with van der Waals surface area (Å²) in [4.78, 5) is 15.9. The molecule has 0 radical (unpaired) electrons. The van der Waals surface area contributed by atoms with Crippen LogP contribution >= 0.6 is 11.6 Å². The summed E-state index contributed by atoms with van der Waals surface area (Å²) in [5.74, 6) is 0.974. The molecule has 18 heavy (non-hydrogen) atoms. The van der Waals surface area contributed by atoms with E-state index in [4.69, 9.17) is 16.3 Å². The predicted octanol–water partition coefficient (Wildman–Crippen LogP) is 2.38. The van der Waals surface area contributed by atoms with Crippen molar-refractivity contribution in [1.82, 2.24) is 14.9 Å². The molecule has 2 heterocycles. The quantitative estimate of drug-likeness (QED) is 0.853. The van der Waals surface area contributed by atoms with Crippen LogP contribution in [0.5, 0.6) is 0 Å². The van der Waals surface area contributed by atoms with Crippen molar-refractivity contribution in [2.24, 2.45) is 0 Å².